The van der Waals surface area contributed by atoms with Crippen molar-refractivity contribution in [2.75, 3.05) is 6.54 Å². The van der Waals surface area contributed by atoms with Crippen molar-refractivity contribution in [2.24, 2.45) is 5.11 Å². The minimum atomic E-state index is -0.760. The van der Waals surface area contributed by atoms with Gasteiger partial charge in [0.1, 0.15) is 0 Å². The summed E-state index contributed by atoms with van der Waals surface area (Å²) in [7, 11) is 0. The number of rotatable bonds is 3. The number of carboxylic acid groups (broad SMARTS) is 1. The van der Waals surface area contributed by atoms with Gasteiger partial charge in [-0.1, -0.05) is 29.1 Å². The molecule has 2 rings (SSSR count). The molecule has 1 aromatic carbocycles. The lowest BCUT2D eigenvalue weighted by Crippen LogP contribution is -2.19. The third-order valence-corrected chi connectivity index (χ3v) is 3.04. The molecular weight excluding hydrogens is 230 g/mol. The van der Waals surface area contributed by atoms with Gasteiger partial charge < -0.3 is 5.11 Å². The van der Waals surface area contributed by atoms with Crippen LogP contribution in [0.3, 0.4) is 0 Å². The largest absolute Gasteiger partial charge is 0.481 e. The molecular formula is C13H11N3O2. The Morgan fingerprint density at radius 3 is 2.61 bits per heavy atom. The molecule has 0 radical (unpaired) electrons. The lowest BCUT2D eigenvalue weighted by atomic mass is 9.95. The second kappa shape index (κ2) is 4.82. The molecule has 0 amide bonds. The van der Waals surface area contributed by atoms with E-state index < -0.39 is 11.4 Å². The van der Waals surface area contributed by atoms with Crippen molar-refractivity contribution >= 4 is 5.97 Å². The fourth-order valence-electron chi connectivity index (χ4n) is 1.83. The van der Waals surface area contributed by atoms with Gasteiger partial charge in [-0.05, 0) is 36.1 Å². The van der Waals surface area contributed by atoms with Crippen LogP contribution >= 0.6 is 0 Å². The number of nitrogens with zero attached hydrogens (tertiary/aromatic N) is 3. The van der Waals surface area contributed by atoms with E-state index in [4.69, 9.17) is 10.6 Å². The van der Waals surface area contributed by atoms with Crippen LogP contribution in [-0.2, 0) is 10.2 Å². The van der Waals surface area contributed by atoms with Crippen LogP contribution in [0.4, 0.5) is 0 Å². The smallest absolute Gasteiger partial charge is 0.314 e. The number of hydrogen-bond acceptors (Lipinski definition) is 2. The molecule has 0 unspecified atom stereocenters. The highest BCUT2D eigenvalue weighted by atomic mass is 16.4. The van der Waals surface area contributed by atoms with E-state index in [1.165, 1.54) is 0 Å². The lowest BCUT2D eigenvalue weighted by molar-refractivity contribution is -0.140. The van der Waals surface area contributed by atoms with Gasteiger partial charge >= 0.3 is 5.97 Å². The quantitative estimate of drug-likeness (QED) is 0.381. The second-order valence-electron chi connectivity index (χ2n) is 4.16. The summed E-state index contributed by atoms with van der Waals surface area (Å²) < 4.78 is 0. The SMILES string of the molecule is [N-]=[N+]=NCC#Cc1ccc(C2(C(=O)O)CC2)cc1. The molecule has 0 heterocycles. The van der Waals surface area contributed by atoms with Crippen molar-refractivity contribution in [1.82, 2.24) is 0 Å². The van der Waals surface area contributed by atoms with Crippen molar-refractivity contribution in [1.29, 1.82) is 0 Å². The summed E-state index contributed by atoms with van der Waals surface area (Å²) in [6.07, 6.45) is 1.40. The third-order valence-electron chi connectivity index (χ3n) is 3.04. The van der Waals surface area contributed by atoms with Crippen molar-refractivity contribution in [3.8, 4) is 11.8 Å². The molecule has 1 aromatic rings. The van der Waals surface area contributed by atoms with Gasteiger partial charge in [0.15, 0.2) is 0 Å². The number of aliphatic carboxylic acids is 1. The lowest BCUT2D eigenvalue weighted by Gasteiger charge is -2.09. The van der Waals surface area contributed by atoms with Crippen LogP contribution in [-0.4, -0.2) is 17.6 Å². The Morgan fingerprint density at radius 2 is 2.11 bits per heavy atom. The summed E-state index contributed by atoms with van der Waals surface area (Å²) in [5.41, 5.74) is 9.03. The van der Waals surface area contributed by atoms with E-state index in [9.17, 15) is 4.79 Å². The monoisotopic (exact) mass is 241 g/mol. The third kappa shape index (κ3) is 2.29. The van der Waals surface area contributed by atoms with Crippen LogP contribution in [0.5, 0.6) is 0 Å². The van der Waals surface area contributed by atoms with Crippen molar-refractivity contribution < 1.29 is 9.90 Å². The molecule has 0 bridgehead atoms. The first-order chi connectivity index (χ1) is 8.69. The number of carbonyl (C=O) groups is 1. The minimum absolute atomic E-state index is 0.136. The predicted octanol–water partition coefficient (Wildman–Crippen LogP) is 2.46. The Hall–Kier alpha value is -2.44. The van der Waals surface area contributed by atoms with Crippen molar-refractivity contribution in [2.45, 2.75) is 18.3 Å². The van der Waals surface area contributed by atoms with Crippen LogP contribution in [0.1, 0.15) is 24.0 Å². The zero-order valence-electron chi connectivity index (χ0n) is 9.63. The highest BCUT2D eigenvalue weighted by Gasteiger charge is 2.51. The highest BCUT2D eigenvalue weighted by molar-refractivity contribution is 5.84. The van der Waals surface area contributed by atoms with E-state index in [1.54, 1.807) is 24.3 Å². The molecule has 0 spiro atoms. The molecule has 18 heavy (non-hydrogen) atoms. The maximum atomic E-state index is 11.1. The van der Waals surface area contributed by atoms with Gasteiger partial charge in [-0.3, -0.25) is 4.79 Å². The Balaban J connectivity index is 2.13. The number of carboxylic acids is 1. The average Bonchev–Trinajstić information content (AvgIpc) is 3.17. The Bertz CT molecular complexity index is 570. The summed E-state index contributed by atoms with van der Waals surface area (Å²) in [6, 6.07) is 7.19. The van der Waals surface area contributed by atoms with Gasteiger partial charge in [0.2, 0.25) is 0 Å². The molecule has 0 aliphatic heterocycles. The summed E-state index contributed by atoms with van der Waals surface area (Å²) in [5, 5.41) is 12.5. The van der Waals surface area contributed by atoms with Gasteiger partial charge in [0.25, 0.3) is 0 Å². The van der Waals surface area contributed by atoms with E-state index in [0.717, 1.165) is 11.1 Å². The summed E-state index contributed by atoms with van der Waals surface area (Å²) in [5.74, 6) is 4.80. The average molecular weight is 241 g/mol. The van der Waals surface area contributed by atoms with Crippen LogP contribution in [0.25, 0.3) is 10.4 Å². The first-order valence-corrected chi connectivity index (χ1v) is 5.53. The predicted molar refractivity (Wildman–Crippen MR) is 65.9 cm³/mol. The Morgan fingerprint density at radius 1 is 1.44 bits per heavy atom. The summed E-state index contributed by atoms with van der Waals surface area (Å²) >= 11 is 0. The standard InChI is InChI=1S/C13H11N3O2/c14-16-15-9-1-2-10-3-5-11(6-4-10)13(7-8-13)12(17)18/h3-6H,7-9H2,(H,17,18). The fraction of sp³-hybridized carbons (Fsp3) is 0.308. The van der Waals surface area contributed by atoms with E-state index in [-0.39, 0.29) is 6.54 Å². The first kappa shape index (κ1) is 12.0. The van der Waals surface area contributed by atoms with Crippen molar-refractivity contribution in [3.63, 3.8) is 0 Å². The van der Waals surface area contributed by atoms with Gasteiger partial charge in [0, 0.05) is 10.5 Å². The van der Waals surface area contributed by atoms with E-state index in [1.807, 2.05) is 0 Å². The second-order valence-corrected chi connectivity index (χ2v) is 4.16. The van der Waals surface area contributed by atoms with Crippen LogP contribution in [0.15, 0.2) is 29.4 Å². The van der Waals surface area contributed by atoms with Gasteiger partial charge in [0.05, 0.1) is 12.0 Å². The molecule has 0 aromatic heterocycles. The number of azide groups is 1. The van der Waals surface area contributed by atoms with E-state index in [2.05, 4.69) is 21.9 Å². The van der Waals surface area contributed by atoms with Crippen LogP contribution < -0.4 is 0 Å². The highest BCUT2D eigenvalue weighted by Crippen LogP contribution is 2.48. The molecule has 1 aliphatic carbocycles. The molecule has 1 fully saturated rings. The zero-order valence-corrected chi connectivity index (χ0v) is 9.63. The molecule has 0 saturated heterocycles. The number of hydrogen-bond donors (Lipinski definition) is 1. The molecule has 1 N–H and O–H groups in total. The maximum Gasteiger partial charge on any atom is 0.314 e. The Kier molecular flexibility index (Phi) is 3.22. The molecule has 1 saturated carbocycles. The van der Waals surface area contributed by atoms with Crippen LogP contribution in [0, 0.1) is 11.8 Å². The first-order valence-electron chi connectivity index (χ1n) is 5.53. The van der Waals surface area contributed by atoms with Gasteiger partial charge in [-0.15, -0.1) is 0 Å². The summed E-state index contributed by atoms with van der Waals surface area (Å²) in [6.45, 7) is 0.136. The molecule has 1 aliphatic rings. The summed E-state index contributed by atoms with van der Waals surface area (Å²) in [4.78, 5) is 13.7. The van der Waals surface area contributed by atoms with Gasteiger partial charge in [-0.25, -0.2) is 0 Å². The zero-order chi connectivity index (χ0) is 13.0. The van der Waals surface area contributed by atoms with E-state index >= 15 is 0 Å². The Labute approximate surface area is 104 Å². The minimum Gasteiger partial charge on any atom is -0.481 e. The van der Waals surface area contributed by atoms with E-state index in [0.29, 0.717) is 12.8 Å². The normalized spacial score (nSPS) is 14.9. The fourth-order valence-corrected chi connectivity index (χ4v) is 1.83. The maximum absolute atomic E-state index is 11.1. The van der Waals surface area contributed by atoms with Crippen LogP contribution in [0.2, 0.25) is 0 Å². The number of benzene rings is 1. The molecule has 5 heteroatoms. The molecule has 5 nitrogen and oxygen atoms in total. The topological polar surface area (TPSA) is 86.1 Å². The van der Waals surface area contributed by atoms with Gasteiger partial charge in [-0.2, -0.15) is 0 Å². The van der Waals surface area contributed by atoms with Crippen molar-refractivity contribution in [3.05, 3.63) is 45.8 Å². The molecule has 90 valence electrons. The molecule has 0 atom stereocenters.